The van der Waals surface area contributed by atoms with Crippen molar-refractivity contribution in [2.45, 2.75) is 30.7 Å². The largest absolute Gasteiger partial charge is 0.244 e. The van der Waals surface area contributed by atoms with E-state index in [2.05, 4.69) is 0 Å². The van der Waals surface area contributed by atoms with Gasteiger partial charge in [0, 0.05) is 13.1 Å². The zero-order valence-corrected chi connectivity index (χ0v) is 11.3. The third-order valence-corrected chi connectivity index (χ3v) is 5.54. The quantitative estimate of drug-likeness (QED) is 0.835. The summed E-state index contributed by atoms with van der Waals surface area (Å²) in [7, 11) is -1.99. The average Bonchev–Trinajstić information content (AvgIpc) is 3.21. The smallest absolute Gasteiger partial charge is 0.207 e. The summed E-state index contributed by atoms with van der Waals surface area (Å²) in [5.41, 5.74) is 0.201. The minimum absolute atomic E-state index is 0.0123. The van der Waals surface area contributed by atoms with Crippen LogP contribution in [0, 0.1) is 17.2 Å². The molecule has 0 heterocycles. The predicted octanol–water partition coefficient (Wildman–Crippen LogP) is 1.98. The molecule has 1 aliphatic carbocycles. The molecule has 1 aromatic carbocycles. The van der Waals surface area contributed by atoms with Gasteiger partial charge in [-0.05, 0) is 37.8 Å². The highest BCUT2D eigenvalue weighted by Gasteiger charge is 2.36. The van der Waals surface area contributed by atoms with E-state index in [0.29, 0.717) is 5.92 Å². The Kier molecular flexibility index (Phi) is 3.42. The van der Waals surface area contributed by atoms with Gasteiger partial charge in [0.05, 0.1) is 10.5 Å². The van der Waals surface area contributed by atoms with Crippen molar-refractivity contribution in [2.24, 2.45) is 5.92 Å². The Balaban J connectivity index is 2.38. The molecule has 1 saturated carbocycles. The SMILES string of the molecule is C[C@H](C1CC1)N(C)S(=O)(=O)c1ccccc1C#N. The van der Waals surface area contributed by atoms with E-state index < -0.39 is 10.0 Å². The van der Waals surface area contributed by atoms with Crippen molar-refractivity contribution in [2.75, 3.05) is 7.05 Å². The van der Waals surface area contributed by atoms with Crippen LogP contribution in [0.3, 0.4) is 0 Å². The number of sulfonamides is 1. The van der Waals surface area contributed by atoms with Gasteiger partial charge in [0.2, 0.25) is 10.0 Å². The van der Waals surface area contributed by atoms with Gasteiger partial charge in [0.25, 0.3) is 0 Å². The van der Waals surface area contributed by atoms with Crippen molar-refractivity contribution >= 4 is 10.0 Å². The molecule has 96 valence electrons. The van der Waals surface area contributed by atoms with Crippen LogP contribution in [-0.4, -0.2) is 25.8 Å². The summed E-state index contributed by atoms with van der Waals surface area (Å²) in [6.07, 6.45) is 2.17. The maximum absolute atomic E-state index is 12.5. The molecule has 0 bridgehead atoms. The molecule has 0 spiro atoms. The molecule has 0 aliphatic heterocycles. The molecule has 0 amide bonds. The predicted molar refractivity (Wildman–Crippen MR) is 68.3 cm³/mol. The molecular weight excluding hydrogens is 248 g/mol. The molecule has 0 aromatic heterocycles. The van der Waals surface area contributed by atoms with Crippen molar-refractivity contribution in [3.63, 3.8) is 0 Å². The Morgan fingerprint density at radius 3 is 2.56 bits per heavy atom. The van der Waals surface area contributed by atoms with Crippen LogP contribution in [0.4, 0.5) is 0 Å². The summed E-state index contributed by atoms with van der Waals surface area (Å²) in [5.74, 6) is 0.457. The molecule has 1 atom stereocenters. The molecule has 1 fully saturated rings. The van der Waals surface area contributed by atoms with E-state index in [4.69, 9.17) is 5.26 Å². The second-order valence-electron chi connectivity index (χ2n) is 4.71. The highest BCUT2D eigenvalue weighted by Crippen LogP contribution is 2.36. The van der Waals surface area contributed by atoms with Gasteiger partial charge >= 0.3 is 0 Å². The van der Waals surface area contributed by atoms with Crippen LogP contribution in [0.2, 0.25) is 0 Å². The molecule has 0 radical (unpaired) electrons. The molecule has 0 unspecified atom stereocenters. The maximum atomic E-state index is 12.5. The summed E-state index contributed by atoms with van der Waals surface area (Å²) in [4.78, 5) is 0.0995. The van der Waals surface area contributed by atoms with E-state index in [9.17, 15) is 8.42 Å². The zero-order valence-electron chi connectivity index (χ0n) is 10.5. The van der Waals surface area contributed by atoms with Crippen LogP contribution in [0.15, 0.2) is 29.2 Å². The third-order valence-electron chi connectivity index (χ3n) is 3.54. The maximum Gasteiger partial charge on any atom is 0.244 e. The van der Waals surface area contributed by atoms with E-state index in [0.717, 1.165) is 12.8 Å². The van der Waals surface area contributed by atoms with Gasteiger partial charge in [-0.25, -0.2) is 8.42 Å². The van der Waals surface area contributed by atoms with E-state index >= 15 is 0 Å². The van der Waals surface area contributed by atoms with E-state index in [1.165, 1.54) is 16.4 Å². The van der Waals surface area contributed by atoms with Gasteiger partial charge in [-0.3, -0.25) is 0 Å². The van der Waals surface area contributed by atoms with Crippen LogP contribution < -0.4 is 0 Å². The van der Waals surface area contributed by atoms with Crippen LogP contribution in [0.25, 0.3) is 0 Å². The van der Waals surface area contributed by atoms with Gasteiger partial charge in [0.1, 0.15) is 6.07 Å². The lowest BCUT2D eigenvalue weighted by molar-refractivity contribution is 0.357. The van der Waals surface area contributed by atoms with Gasteiger partial charge in [-0.2, -0.15) is 9.57 Å². The molecule has 2 rings (SSSR count). The van der Waals surface area contributed by atoms with Gasteiger partial charge < -0.3 is 0 Å². The Morgan fingerprint density at radius 1 is 1.39 bits per heavy atom. The molecule has 18 heavy (non-hydrogen) atoms. The number of benzene rings is 1. The number of hydrogen-bond acceptors (Lipinski definition) is 3. The molecule has 1 aromatic rings. The topological polar surface area (TPSA) is 61.2 Å². The number of hydrogen-bond donors (Lipinski definition) is 0. The van der Waals surface area contributed by atoms with Crippen molar-refractivity contribution in [1.82, 2.24) is 4.31 Å². The van der Waals surface area contributed by atoms with Gasteiger partial charge in [-0.15, -0.1) is 0 Å². The monoisotopic (exact) mass is 264 g/mol. The van der Waals surface area contributed by atoms with Gasteiger partial charge in [0.15, 0.2) is 0 Å². The van der Waals surface area contributed by atoms with Crippen LogP contribution in [-0.2, 0) is 10.0 Å². The molecule has 5 heteroatoms. The highest BCUT2D eigenvalue weighted by atomic mass is 32.2. The van der Waals surface area contributed by atoms with Crippen molar-refractivity contribution in [1.29, 1.82) is 5.26 Å². The highest BCUT2D eigenvalue weighted by molar-refractivity contribution is 7.89. The number of nitriles is 1. The number of rotatable bonds is 4. The standard InChI is InChI=1S/C13H16N2O2S/c1-10(11-7-8-11)15(2)18(16,17)13-6-4-3-5-12(13)9-14/h3-6,10-11H,7-8H2,1-2H3/t10-/m1/s1. The average molecular weight is 264 g/mol. The first-order valence-corrected chi connectivity index (χ1v) is 7.39. The molecule has 0 saturated heterocycles. The lowest BCUT2D eigenvalue weighted by atomic mass is 10.2. The summed E-state index contributed by atoms with van der Waals surface area (Å²) < 4.78 is 26.3. The first-order chi connectivity index (χ1) is 8.48. The Bertz CT molecular complexity index is 585. The molecule has 4 nitrogen and oxygen atoms in total. The van der Waals surface area contributed by atoms with Crippen molar-refractivity contribution in [3.05, 3.63) is 29.8 Å². The minimum atomic E-state index is -3.58. The third kappa shape index (κ3) is 2.26. The molecular formula is C13H16N2O2S. The first kappa shape index (κ1) is 13.1. The van der Waals surface area contributed by atoms with E-state index in [1.807, 2.05) is 13.0 Å². The fourth-order valence-electron chi connectivity index (χ4n) is 2.03. The van der Waals surface area contributed by atoms with E-state index in [-0.39, 0.29) is 16.5 Å². The van der Waals surface area contributed by atoms with Crippen LogP contribution in [0.1, 0.15) is 25.3 Å². The summed E-state index contributed by atoms with van der Waals surface area (Å²) in [6, 6.07) is 8.25. The summed E-state index contributed by atoms with van der Waals surface area (Å²) >= 11 is 0. The molecule has 1 aliphatic rings. The van der Waals surface area contributed by atoms with Crippen molar-refractivity contribution in [3.8, 4) is 6.07 Å². The Morgan fingerprint density at radius 2 is 2.00 bits per heavy atom. The molecule has 0 N–H and O–H groups in total. The lowest BCUT2D eigenvalue weighted by Crippen LogP contribution is -2.36. The van der Waals surface area contributed by atoms with Crippen LogP contribution in [0.5, 0.6) is 0 Å². The van der Waals surface area contributed by atoms with E-state index in [1.54, 1.807) is 19.2 Å². The van der Waals surface area contributed by atoms with Crippen LogP contribution >= 0.6 is 0 Å². The first-order valence-electron chi connectivity index (χ1n) is 5.95. The minimum Gasteiger partial charge on any atom is -0.207 e. The zero-order chi connectivity index (χ0) is 13.3. The van der Waals surface area contributed by atoms with Crippen molar-refractivity contribution < 1.29 is 8.42 Å². The Hall–Kier alpha value is -1.38. The fourth-order valence-corrected chi connectivity index (χ4v) is 3.60. The summed E-state index contributed by atoms with van der Waals surface area (Å²) in [5, 5.41) is 8.99. The lowest BCUT2D eigenvalue weighted by Gasteiger charge is -2.24. The second kappa shape index (κ2) is 4.71. The summed E-state index contributed by atoms with van der Waals surface area (Å²) in [6.45, 7) is 1.92. The fraction of sp³-hybridized carbons (Fsp3) is 0.462. The number of nitrogens with zero attached hydrogens (tertiary/aromatic N) is 2. The second-order valence-corrected chi connectivity index (χ2v) is 6.67. The van der Waals surface area contributed by atoms with Gasteiger partial charge in [-0.1, -0.05) is 12.1 Å². The normalized spacial score (nSPS) is 17.4. The Labute approximate surface area is 108 Å².